The highest BCUT2D eigenvalue weighted by atomic mass is 32.2. The molecule has 110 valence electrons. The maximum absolute atomic E-state index is 11.0. The van der Waals surface area contributed by atoms with Crippen molar-refractivity contribution in [3.63, 3.8) is 0 Å². The van der Waals surface area contributed by atoms with Gasteiger partial charge < -0.3 is 9.94 Å². The summed E-state index contributed by atoms with van der Waals surface area (Å²) < 4.78 is 27.6. The number of oxime groups is 1. The van der Waals surface area contributed by atoms with Gasteiger partial charge in [-0.2, -0.15) is 0 Å². The molecule has 5 nitrogen and oxygen atoms in total. The van der Waals surface area contributed by atoms with Gasteiger partial charge in [-0.25, -0.2) is 8.42 Å². The van der Waals surface area contributed by atoms with Crippen LogP contribution in [0.15, 0.2) is 23.4 Å². The largest absolute Gasteiger partial charge is 0.494 e. The highest BCUT2D eigenvalue weighted by Gasteiger charge is 2.16. The van der Waals surface area contributed by atoms with Crippen molar-refractivity contribution in [2.24, 2.45) is 5.16 Å². The van der Waals surface area contributed by atoms with Crippen LogP contribution in [0.25, 0.3) is 0 Å². The molecule has 1 aliphatic carbocycles. The third-order valence-electron chi connectivity index (χ3n) is 3.30. The number of benzene rings is 1. The normalized spacial score (nSPS) is 16.9. The summed E-state index contributed by atoms with van der Waals surface area (Å²) in [5, 5.41) is 12.4. The molecule has 0 bridgehead atoms. The molecule has 6 heteroatoms. The standard InChI is InChI=1S/C14H19NO4S/c1-20(17,18)9-3-8-19-12-7-6-11-4-2-5-14(15-16)13(11)10-12/h6-7,10,16H,2-5,8-9H2,1H3/b15-14-. The summed E-state index contributed by atoms with van der Waals surface area (Å²) in [7, 11) is -2.94. The van der Waals surface area contributed by atoms with E-state index in [9.17, 15) is 8.42 Å². The Balaban J connectivity index is 2.00. The second-order valence-corrected chi connectivity index (χ2v) is 7.31. The Morgan fingerprint density at radius 3 is 2.85 bits per heavy atom. The zero-order chi connectivity index (χ0) is 14.6. The molecular weight excluding hydrogens is 278 g/mol. The fourth-order valence-electron chi connectivity index (χ4n) is 2.33. The van der Waals surface area contributed by atoms with Gasteiger partial charge in [0.2, 0.25) is 0 Å². The molecule has 1 aromatic carbocycles. The van der Waals surface area contributed by atoms with E-state index in [1.807, 2.05) is 18.2 Å². The van der Waals surface area contributed by atoms with Gasteiger partial charge >= 0.3 is 0 Å². The first-order chi connectivity index (χ1) is 9.49. The number of hydrogen-bond acceptors (Lipinski definition) is 5. The molecule has 20 heavy (non-hydrogen) atoms. The van der Waals surface area contributed by atoms with Crippen molar-refractivity contribution >= 4 is 15.5 Å². The highest BCUT2D eigenvalue weighted by Crippen LogP contribution is 2.26. The predicted octanol–water partition coefficient (Wildman–Crippen LogP) is 2.01. The Morgan fingerprint density at radius 1 is 1.35 bits per heavy atom. The molecule has 0 radical (unpaired) electrons. The fourth-order valence-corrected chi connectivity index (χ4v) is 2.97. The molecule has 0 aliphatic heterocycles. The summed E-state index contributed by atoms with van der Waals surface area (Å²) in [6.07, 6.45) is 4.41. The third-order valence-corrected chi connectivity index (χ3v) is 4.33. The molecule has 0 heterocycles. The lowest BCUT2D eigenvalue weighted by atomic mass is 9.90. The van der Waals surface area contributed by atoms with E-state index in [4.69, 9.17) is 9.94 Å². The molecule has 0 aromatic heterocycles. The Bertz CT molecular complexity index is 608. The van der Waals surface area contributed by atoms with Crippen molar-refractivity contribution < 1.29 is 18.4 Å². The molecule has 1 N–H and O–H groups in total. The number of rotatable bonds is 5. The number of sulfone groups is 1. The van der Waals surface area contributed by atoms with Crippen LogP contribution in [0, 0.1) is 0 Å². The molecule has 0 atom stereocenters. The molecule has 0 saturated carbocycles. The van der Waals surface area contributed by atoms with Crippen LogP contribution in [0.4, 0.5) is 0 Å². The van der Waals surface area contributed by atoms with Gasteiger partial charge in [0.15, 0.2) is 0 Å². The Kier molecular flexibility index (Phi) is 4.65. The Morgan fingerprint density at radius 2 is 2.15 bits per heavy atom. The second-order valence-electron chi connectivity index (χ2n) is 5.05. The minimum atomic E-state index is -2.94. The van der Waals surface area contributed by atoms with Crippen LogP contribution in [-0.2, 0) is 16.3 Å². The topological polar surface area (TPSA) is 76.0 Å². The second kappa shape index (κ2) is 6.26. The van der Waals surface area contributed by atoms with Crippen molar-refractivity contribution in [1.29, 1.82) is 0 Å². The third kappa shape index (κ3) is 3.96. The maximum atomic E-state index is 11.0. The number of nitrogens with zero attached hydrogens (tertiary/aromatic N) is 1. The van der Waals surface area contributed by atoms with E-state index >= 15 is 0 Å². The van der Waals surface area contributed by atoms with Gasteiger partial charge in [-0.05, 0) is 43.4 Å². The van der Waals surface area contributed by atoms with Gasteiger partial charge in [-0.3, -0.25) is 0 Å². The molecule has 0 amide bonds. The number of fused-ring (bicyclic) bond motifs is 1. The molecule has 0 saturated heterocycles. The zero-order valence-corrected chi connectivity index (χ0v) is 12.3. The van der Waals surface area contributed by atoms with Crippen LogP contribution in [0.5, 0.6) is 5.75 Å². The lowest BCUT2D eigenvalue weighted by Crippen LogP contribution is -2.13. The molecule has 2 rings (SSSR count). The van der Waals surface area contributed by atoms with Gasteiger partial charge in [0.05, 0.1) is 18.1 Å². The minimum Gasteiger partial charge on any atom is -0.494 e. The van der Waals surface area contributed by atoms with E-state index in [1.165, 1.54) is 6.26 Å². The summed E-state index contributed by atoms with van der Waals surface area (Å²) in [4.78, 5) is 0. The van der Waals surface area contributed by atoms with Gasteiger partial charge in [-0.1, -0.05) is 11.2 Å². The van der Waals surface area contributed by atoms with Crippen LogP contribution in [0.1, 0.15) is 30.4 Å². The van der Waals surface area contributed by atoms with Gasteiger partial charge in [-0.15, -0.1) is 0 Å². The quantitative estimate of drug-likeness (QED) is 0.512. The van der Waals surface area contributed by atoms with E-state index < -0.39 is 9.84 Å². The van der Waals surface area contributed by atoms with E-state index in [0.29, 0.717) is 24.5 Å². The predicted molar refractivity (Wildman–Crippen MR) is 77.5 cm³/mol. The fraction of sp³-hybridized carbons (Fsp3) is 0.500. The smallest absolute Gasteiger partial charge is 0.147 e. The number of hydrogen-bond donors (Lipinski definition) is 1. The average molecular weight is 297 g/mol. The molecule has 1 aliphatic rings. The molecule has 0 unspecified atom stereocenters. The summed E-state index contributed by atoms with van der Waals surface area (Å²) >= 11 is 0. The first-order valence-electron chi connectivity index (χ1n) is 6.64. The first kappa shape index (κ1) is 14.8. The van der Waals surface area contributed by atoms with Crippen LogP contribution >= 0.6 is 0 Å². The van der Waals surface area contributed by atoms with Crippen LogP contribution < -0.4 is 4.74 Å². The zero-order valence-electron chi connectivity index (χ0n) is 11.5. The lowest BCUT2D eigenvalue weighted by Gasteiger charge is -2.17. The van der Waals surface area contributed by atoms with Gasteiger partial charge in [0.1, 0.15) is 15.6 Å². The summed E-state index contributed by atoms with van der Waals surface area (Å²) in [5.41, 5.74) is 2.78. The average Bonchev–Trinajstić information content (AvgIpc) is 2.41. The van der Waals surface area contributed by atoms with Crippen LogP contribution in [0.2, 0.25) is 0 Å². The van der Waals surface area contributed by atoms with E-state index in [0.717, 1.165) is 30.4 Å². The summed E-state index contributed by atoms with van der Waals surface area (Å²) in [6.45, 7) is 0.359. The van der Waals surface area contributed by atoms with Crippen molar-refractivity contribution in [1.82, 2.24) is 0 Å². The highest BCUT2D eigenvalue weighted by molar-refractivity contribution is 7.90. The number of aryl methyl sites for hydroxylation is 1. The lowest BCUT2D eigenvalue weighted by molar-refractivity contribution is 0.315. The van der Waals surface area contributed by atoms with Crippen molar-refractivity contribution in [3.8, 4) is 5.75 Å². The minimum absolute atomic E-state index is 0.126. The van der Waals surface area contributed by atoms with E-state index in [-0.39, 0.29) is 5.75 Å². The van der Waals surface area contributed by atoms with E-state index in [2.05, 4.69) is 5.16 Å². The van der Waals surface area contributed by atoms with Crippen molar-refractivity contribution in [2.45, 2.75) is 25.7 Å². The van der Waals surface area contributed by atoms with Crippen molar-refractivity contribution in [3.05, 3.63) is 29.3 Å². The van der Waals surface area contributed by atoms with Crippen LogP contribution in [-0.4, -0.2) is 38.0 Å². The monoisotopic (exact) mass is 297 g/mol. The van der Waals surface area contributed by atoms with Crippen LogP contribution in [0.3, 0.4) is 0 Å². The molecule has 0 fully saturated rings. The van der Waals surface area contributed by atoms with Crippen molar-refractivity contribution in [2.75, 3.05) is 18.6 Å². The molecule has 0 spiro atoms. The maximum Gasteiger partial charge on any atom is 0.147 e. The molecular formula is C14H19NO4S. The first-order valence-corrected chi connectivity index (χ1v) is 8.70. The Labute approximate surface area is 119 Å². The Hall–Kier alpha value is -1.56. The molecule has 1 aromatic rings. The summed E-state index contributed by atoms with van der Waals surface area (Å²) in [5.74, 6) is 0.807. The SMILES string of the molecule is CS(=O)(=O)CCCOc1ccc2c(c1)/C(=N\O)CCC2. The van der Waals surface area contributed by atoms with Gasteiger partial charge in [0.25, 0.3) is 0 Å². The van der Waals surface area contributed by atoms with E-state index in [1.54, 1.807) is 0 Å². The summed E-state index contributed by atoms with van der Waals surface area (Å²) in [6, 6.07) is 5.72. The van der Waals surface area contributed by atoms with Gasteiger partial charge in [0, 0.05) is 11.8 Å². The number of ether oxygens (including phenoxy) is 1.